The van der Waals surface area contributed by atoms with E-state index in [4.69, 9.17) is 11.1 Å². The third kappa shape index (κ3) is 6.60. The summed E-state index contributed by atoms with van der Waals surface area (Å²) in [6.45, 7) is 4.70. The summed E-state index contributed by atoms with van der Waals surface area (Å²) in [7, 11) is 0. The quantitative estimate of drug-likeness (QED) is 0.199. The topological polar surface area (TPSA) is 134 Å². The molecule has 202 valence electrons. The summed E-state index contributed by atoms with van der Waals surface area (Å²) < 4.78 is 0. The van der Waals surface area contributed by atoms with Crippen LogP contribution in [0.25, 0.3) is 0 Å². The summed E-state index contributed by atoms with van der Waals surface area (Å²) in [5.74, 6) is -2.13. The molecule has 0 spiro atoms. The predicted octanol–water partition coefficient (Wildman–Crippen LogP) is 2.04. The summed E-state index contributed by atoms with van der Waals surface area (Å²) in [5.41, 5.74) is 6.98. The fourth-order valence-electron chi connectivity index (χ4n) is 5.91. The molecule has 3 aliphatic heterocycles. The predicted molar refractivity (Wildman–Crippen MR) is 140 cm³/mol. The van der Waals surface area contributed by atoms with Gasteiger partial charge in [-0.2, -0.15) is 0 Å². The van der Waals surface area contributed by atoms with Gasteiger partial charge in [0.05, 0.1) is 5.92 Å². The normalized spacial score (nSPS) is 24.6. The smallest absolute Gasteiger partial charge is 0.327 e. The van der Waals surface area contributed by atoms with Gasteiger partial charge in [0.25, 0.3) is 0 Å². The van der Waals surface area contributed by atoms with Gasteiger partial charge in [-0.25, -0.2) is 14.5 Å². The molecule has 10 heteroatoms. The lowest BCUT2D eigenvalue weighted by atomic mass is 9.78. The van der Waals surface area contributed by atoms with Crippen LogP contribution in [0.5, 0.6) is 0 Å². The molecule has 0 saturated carbocycles. The number of hydrogen-bond donors (Lipinski definition) is 3. The second-order valence-corrected chi connectivity index (χ2v) is 10.6. The number of nitrogens with one attached hydrogen (secondary N) is 1. The fourth-order valence-corrected chi connectivity index (χ4v) is 5.91. The number of carboxylic acid groups (broad SMARTS) is 1. The standard InChI is InChI=1S/C27H40N6O4/c28-26(29)32-13-7-11-21(19-32)18-22-23(25(35)36)33(24(22)34)27(37)31-16-14-30(15-17-31)12-6-2-5-10-20-8-3-1-4-9-20/h1,3-4,8-9,21-23H,2,5-7,10-19H2,(H3,28,29)(H,35,36). The highest BCUT2D eigenvalue weighted by Crippen LogP contribution is 2.36. The molecule has 3 aliphatic rings. The zero-order valence-corrected chi connectivity index (χ0v) is 21.6. The Hall–Kier alpha value is -3.14. The van der Waals surface area contributed by atoms with E-state index in [9.17, 15) is 19.5 Å². The summed E-state index contributed by atoms with van der Waals surface area (Å²) in [4.78, 5) is 44.8. The van der Waals surface area contributed by atoms with Crippen molar-refractivity contribution in [1.29, 1.82) is 5.41 Å². The van der Waals surface area contributed by atoms with Gasteiger partial charge >= 0.3 is 12.0 Å². The number of amides is 3. The minimum absolute atomic E-state index is 0.00236. The number of piperazine rings is 1. The van der Waals surface area contributed by atoms with E-state index in [2.05, 4.69) is 29.2 Å². The number of carbonyl (C=O) groups excluding carboxylic acids is 2. The zero-order valence-electron chi connectivity index (χ0n) is 21.6. The molecule has 0 radical (unpaired) electrons. The minimum Gasteiger partial charge on any atom is -0.480 e. The van der Waals surface area contributed by atoms with Crippen LogP contribution in [0, 0.1) is 17.2 Å². The highest BCUT2D eigenvalue weighted by atomic mass is 16.4. The molecule has 10 nitrogen and oxygen atoms in total. The van der Waals surface area contributed by atoms with Crippen molar-refractivity contribution >= 4 is 23.9 Å². The summed E-state index contributed by atoms with van der Waals surface area (Å²) >= 11 is 0. The molecule has 1 aromatic rings. The average Bonchev–Trinajstić information content (AvgIpc) is 2.90. The lowest BCUT2D eigenvalue weighted by molar-refractivity contribution is -0.167. The molecule has 4 N–H and O–H groups in total. The largest absolute Gasteiger partial charge is 0.480 e. The van der Waals surface area contributed by atoms with Gasteiger partial charge < -0.3 is 20.6 Å². The van der Waals surface area contributed by atoms with E-state index >= 15 is 0 Å². The second kappa shape index (κ2) is 12.4. The van der Waals surface area contributed by atoms with Gasteiger partial charge in [-0.3, -0.25) is 15.1 Å². The van der Waals surface area contributed by atoms with Crippen LogP contribution in [0.2, 0.25) is 0 Å². The lowest BCUT2D eigenvalue weighted by Crippen LogP contribution is -2.69. The van der Waals surface area contributed by atoms with Gasteiger partial charge in [-0.15, -0.1) is 0 Å². The highest BCUT2D eigenvalue weighted by Gasteiger charge is 2.56. The highest BCUT2D eigenvalue weighted by molar-refractivity contribution is 6.07. The van der Waals surface area contributed by atoms with Crippen molar-refractivity contribution in [2.24, 2.45) is 17.6 Å². The Morgan fingerprint density at radius 1 is 1.00 bits per heavy atom. The first-order chi connectivity index (χ1) is 17.8. The van der Waals surface area contributed by atoms with E-state index in [-0.39, 0.29) is 11.9 Å². The number of β-lactam (4-membered cyclic amide) rings is 1. The third-order valence-electron chi connectivity index (χ3n) is 8.05. The second-order valence-electron chi connectivity index (χ2n) is 10.6. The molecule has 3 unspecified atom stereocenters. The number of rotatable bonds is 9. The molecule has 37 heavy (non-hydrogen) atoms. The Kier molecular flexibility index (Phi) is 9.02. The first kappa shape index (κ1) is 26.9. The van der Waals surface area contributed by atoms with Crippen molar-refractivity contribution in [2.75, 3.05) is 45.8 Å². The van der Waals surface area contributed by atoms with Gasteiger partial charge in [0, 0.05) is 39.3 Å². The number of unbranched alkanes of at least 4 members (excludes halogenated alkanes) is 2. The molecule has 3 heterocycles. The molecule has 4 rings (SSSR count). The Morgan fingerprint density at radius 3 is 2.41 bits per heavy atom. The number of carboxylic acids is 1. The van der Waals surface area contributed by atoms with Crippen LogP contribution in [-0.4, -0.2) is 100 Å². The molecular weight excluding hydrogens is 472 g/mol. The molecule has 0 aromatic heterocycles. The zero-order chi connectivity index (χ0) is 26.4. The molecule has 1 aromatic carbocycles. The van der Waals surface area contributed by atoms with Crippen molar-refractivity contribution in [3.63, 3.8) is 0 Å². The van der Waals surface area contributed by atoms with Gasteiger partial charge in [0.2, 0.25) is 5.91 Å². The first-order valence-electron chi connectivity index (χ1n) is 13.5. The summed E-state index contributed by atoms with van der Waals surface area (Å²) in [6.07, 6.45) is 6.63. The van der Waals surface area contributed by atoms with Crippen LogP contribution < -0.4 is 5.73 Å². The summed E-state index contributed by atoms with van der Waals surface area (Å²) in [5, 5.41) is 17.5. The number of aliphatic carboxylic acids is 1. The van der Waals surface area contributed by atoms with E-state index in [1.165, 1.54) is 5.56 Å². The van der Waals surface area contributed by atoms with Crippen molar-refractivity contribution in [2.45, 2.75) is 51.0 Å². The van der Waals surface area contributed by atoms with Crippen molar-refractivity contribution in [3.05, 3.63) is 35.9 Å². The van der Waals surface area contributed by atoms with Crippen molar-refractivity contribution in [1.82, 2.24) is 19.6 Å². The Bertz CT molecular complexity index is 965. The maximum Gasteiger partial charge on any atom is 0.327 e. The number of urea groups is 1. The molecule has 3 amide bonds. The Labute approximate surface area is 218 Å². The Morgan fingerprint density at radius 2 is 1.73 bits per heavy atom. The number of guanidine groups is 1. The van der Waals surface area contributed by atoms with E-state index in [0.717, 1.165) is 63.1 Å². The number of likely N-dealkylation sites (tertiary alicyclic amines) is 2. The number of hydrogen-bond acceptors (Lipinski definition) is 5. The summed E-state index contributed by atoms with van der Waals surface area (Å²) in [6, 6.07) is 8.90. The molecule has 3 saturated heterocycles. The minimum atomic E-state index is -1.13. The van der Waals surface area contributed by atoms with Crippen molar-refractivity contribution < 1.29 is 19.5 Å². The van der Waals surface area contributed by atoms with E-state index < -0.39 is 29.9 Å². The van der Waals surface area contributed by atoms with Gasteiger partial charge in [0.1, 0.15) is 0 Å². The number of benzene rings is 1. The molecular formula is C27H40N6O4. The van der Waals surface area contributed by atoms with E-state index in [0.29, 0.717) is 32.6 Å². The maximum atomic E-state index is 13.1. The molecule has 0 aliphatic carbocycles. The number of piperidine rings is 1. The fraction of sp³-hybridized carbons (Fsp3) is 0.630. The van der Waals surface area contributed by atoms with Crippen LogP contribution >= 0.6 is 0 Å². The Balaban J connectivity index is 1.20. The number of imide groups is 1. The molecule has 3 fully saturated rings. The van der Waals surface area contributed by atoms with E-state index in [1.807, 2.05) is 6.07 Å². The number of carbonyl (C=O) groups is 3. The van der Waals surface area contributed by atoms with Gasteiger partial charge in [0.15, 0.2) is 12.0 Å². The first-order valence-corrected chi connectivity index (χ1v) is 13.5. The third-order valence-corrected chi connectivity index (χ3v) is 8.05. The monoisotopic (exact) mass is 512 g/mol. The maximum absolute atomic E-state index is 13.1. The van der Waals surface area contributed by atoms with Crippen molar-refractivity contribution in [3.8, 4) is 0 Å². The van der Waals surface area contributed by atoms with Crippen LogP contribution in [0.3, 0.4) is 0 Å². The lowest BCUT2D eigenvalue weighted by Gasteiger charge is -2.47. The van der Waals surface area contributed by atoms with Gasteiger partial charge in [-0.1, -0.05) is 36.8 Å². The SMILES string of the molecule is N=C(N)N1CCCC(CC2C(=O)N(C(=O)N3CCN(CCCCCc4ccccc4)CC3)C2C(=O)O)C1. The average molecular weight is 513 g/mol. The van der Waals surface area contributed by atoms with E-state index in [1.54, 1.807) is 9.80 Å². The van der Waals surface area contributed by atoms with Crippen LogP contribution in [0.15, 0.2) is 30.3 Å². The number of nitrogens with two attached hydrogens (primary N) is 1. The molecule has 3 atom stereocenters. The van der Waals surface area contributed by atoms with Crippen LogP contribution in [0.1, 0.15) is 44.1 Å². The van der Waals surface area contributed by atoms with Crippen LogP contribution in [-0.2, 0) is 16.0 Å². The molecule has 0 bridgehead atoms. The van der Waals surface area contributed by atoms with Crippen LogP contribution in [0.4, 0.5) is 4.79 Å². The number of nitrogens with zero attached hydrogens (tertiary/aromatic N) is 4. The number of aryl methyl sites for hydroxylation is 1. The van der Waals surface area contributed by atoms with Gasteiger partial charge in [-0.05, 0) is 56.6 Å².